The van der Waals surface area contributed by atoms with Crippen LogP contribution in [-0.4, -0.2) is 15.0 Å². The average molecular weight is 349 g/mol. The van der Waals surface area contributed by atoms with Crippen LogP contribution in [0, 0.1) is 0 Å². The maximum absolute atomic E-state index is 13.0. The summed E-state index contributed by atoms with van der Waals surface area (Å²) < 4.78 is 40.9. The van der Waals surface area contributed by atoms with Crippen LogP contribution in [0.1, 0.15) is 22.9 Å². The SMILES string of the molecule is Cn1cc(CC(N)c2ccc(Br)cc2C(F)(F)F)nn1. The number of alkyl halides is 3. The Hall–Kier alpha value is -1.41. The second-order valence-electron chi connectivity index (χ2n) is 4.42. The summed E-state index contributed by atoms with van der Waals surface area (Å²) in [5, 5.41) is 7.56. The van der Waals surface area contributed by atoms with E-state index in [1.54, 1.807) is 19.3 Å². The molecule has 8 heteroatoms. The maximum Gasteiger partial charge on any atom is 0.416 e. The number of rotatable bonds is 3. The molecule has 2 rings (SSSR count). The predicted molar refractivity (Wildman–Crippen MR) is 70.8 cm³/mol. The first-order chi connectivity index (χ1) is 9.27. The van der Waals surface area contributed by atoms with Gasteiger partial charge in [0, 0.05) is 30.2 Å². The summed E-state index contributed by atoms with van der Waals surface area (Å²) in [6.07, 6.45) is -2.62. The van der Waals surface area contributed by atoms with Crippen molar-refractivity contribution in [3.63, 3.8) is 0 Å². The number of benzene rings is 1. The van der Waals surface area contributed by atoms with Crippen LogP contribution in [0.5, 0.6) is 0 Å². The molecule has 0 fully saturated rings. The van der Waals surface area contributed by atoms with E-state index in [1.165, 1.54) is 10.7 Å². The summed E-state index contributed by atoms with van der Waals surface area (Å²) in [7, 11) is 1.68. The fraction of sp³-hybridized carbons (Fsp3) is 0.333. The zero-order valence-corrected chi connectivity index (χ0v) is 12.1. The topological polar surface area (TPSA) is 56.7 Å². The summed E-state index contributed by atoms with van der Waals surface area (Å²) in [6, 6.07) is 3.16. The molecule has 0 aliphatic rings. The van der Waals surface area contributed by atoms with Crippen molar-refractivity contribution in [2.45, 2.75) is 18.6 Å². The molecule has 2 aromatic rings. The van der Waals surface area contributed by atoms with Gasteiger partial charge in [-0.2, -0.15) is 13.2 Å². The molecule has 0 bridgehead atoms. The van der Waals surface area contributed by atoms with E-state index in [2.05, 4.69) is 26.2 Å². The van der Waals surface area contributed by atoms with Crippen LogP contribution < -0.4 is 5.73 Å². The Morgan fingerprint density at radius 1 is 1.40 bits per heavy atom. The maximum atomic E-state index is 13.0. The van der Waals surface area contributed by atoms with Gasteiger partial charge < -0.3 is 5.73 Å². The number of halogens is 4. The Morgan fingerprint density at radius 3 is 2.65 bits per heavy atom. The third-order valence-electron chi connectivity index (χ3n) is 2.80. The summed E-state index contributed by atoms with van der Waals surface area (Å²) in [4.78, 5) is 0. The number of aryl methyl sites for hydroxylation is 1. The van der Waals surface area contributed by atoms with E-state index in [9.17, 15) is 13.2 Å². The normalized spacial score (nSPS) is 13.5. The van der Waals surface area contributed by atoms with Crippen molar-refractivity contribution in [1.29, 1.82) is 0 Å². The van der Waals surface area contributed by atoms with Crippen molar-refractivity contribution in [3.8, 4) is 0 Å². The first-order valence-corrected chi connectivity index (χ1v) is 6.54. The molecule has 0 spiro atoms. The van der Waals surface area contributed by atoms with Crippen LogP contribution in [0.4, 0.5) is 13.2 Å². The summed E-state index contributed by atoms with van der Waals surface area (Å²) in [5.74, 6) is 0. The number of nitrogens with two attached hydrogens (primary N) is 1. The summed E-state index contributed by atoms with van der Waals surface area (Å²) in [5.41, 5.74) is 5.76. The van der Waals surface area contributed by atoms with Crippen molar-refractivity contribution < 1.29 is 13.2 Å². The van der Waals surface area contributed by atoms with Crippen molar-refractivity contribution in [3.05, 3.63) is 45.7 Å². The lowest BCUT2D eigenvalue weighted by Crippen LogP contribution is -2.19. The highest BCUT2D eigenvalue weighted by Gasteiger charge is 2.35. The first-order valence-electron chi connectivity index (χ1n) is 5.75. The summed E-state index contributed by atoms with van der Waals surface area (Å²) >= 11 is 3.04. The molecule has 20 heavy (non-hydrogen) atoms. The van der Waals surface area contributed by atoms with E-state index < -0.39 is 17.8 Å². The molecule has 1 heterocycles. The molecule has 2 N–H and O–H groups in total. The fourth-order valence-corrected chi connectivity index (χ4v) is 2.28. The summed E-state index contributed by atoms with van der Waals surface area (Å²) in [6.45, 7) is 0. The number of hydrogen-bond donors (Lipinski definition) is 1. The van der Waals surface area contributed by atoms with Gasteiger partial charge >= 0.3 is 6.18 Å². The highest BCUT2D eigenvalue weighted by Crippen LogP contribution is 2.36. The van der Waals surface area contributed by atoms with Gasteiger partial charge in [0.25, 0.3) is 0 Å². The fourth-order valence-electron chi connectivity index (χ4n) is 1.92. The van der Waals surface area contributed by atoms with Gasteiger partial charge in [0.05, 0.1) is 11.3 Å². The van der Waals surface area contributed by atoms with Crippen LogP contribution >= 0.6 is 15.9 Å². The predicted octanol–water partition coefficient (Wildman–Crippen LogP) is 2.84. The highest BCUT2D eigenvalue weighted by molar-refractivity contribution is 9.10. The van der Waals surface area contributed by atoms with E-state index in [1.807, 2.05) is 0 Å². The molecular formula is C12H12BrF3N4. The van der Waals surface area contributed by atoms with E-state index in [4.69, 9.17) is 5.73 Å². The van der Waals surface area contributed by atoms with Gasteiger partial charge in [-0.05, 0) is 17.7 Å². The van der Waals surface area contributed by atoms with Crippen molar-refractivity contribution >= 4 is 15.9 Å². The van der Waals surface area contributed by atoms with E-state index >= 15 is 0 Å². The lowest BCUT2D eigenvalue weighted by atomic mass is 9.97. The molecule has 0 radical (unpaired) electrons. The Labute approximate surface area is 121 Å². The van der Waals surface area contributed by atoms with Gasteiger partial charge in [-0.1, -0.05) is 27.2 Å². The van der Waals surface area contributed by atoms with Crippen LogP contribution in [0.15, 0.2) is 28.9 Å². The first kappa shape index (κ1) is 15.0. The zero-order valence-electron chi connectivity index (χ0n) is 10.5. The molecule has 1 atom stereocenters. The number of aromatic nitrogens is 3. The Bertz CT molecular complexity index is 609. The smallest absolute Gasteiger partial charge is 0.324 e. The zero-order chi connectivity index (χ0) is 14.9. The lowest BCUT2D eigenvalue weighted by Gasteiger charge is -2.18. The van der Waals surface area contributed by atoms with Gasteiger partial charge in [-0.3, -0.25) is 4.68 Å². The standard InChI is InChI=1S/C12H12BrF3N4/c1-20-6-8(18-19-20)5-11(17)9-3-2-7(13)4-10(9)12(14,15)16/h2-4,6,11H,5,17H2,1H3. The largest absolute Gasteiger partial charge is 0.416 e. The van der Waals surface area contributed by atoms with Crippen LogP contribution in [0.3, 0.4) is 0 Å². The van der Waals surface area contributed by atoms with Crippen molar-refractivity contribution in [2.75, 3.05) is 0 Å². The average Bonchev–Trinajstić information content (AvgIpc) is 2.73. The van der Waals surface area contributed by atoms with Gasteiger partial charge in [0.15, 0.2) is 0 Å². The molecule has 0 saturated heterocycles. The van der Waals surface area contributed by atoms with Gasteiger partial charge in [-0.15, -0.1) is 5.10 Å². The number of hydrogen-bond acceptors (Lipinski definition) is 3. The van der Waals surface area contributed by atoms with E-state index in [0.29, 0.717) is 10.2 Å². The molecule has 108 valence electrons. The molecule has 1 unspecified atom stereocenters. The third-order valence-corrected chi connectivity index (χ3v) is 3.29. The number of nitrogens with zero attached hydrogens (tertiary/aromatic N) is 3. The lowest BCUT2D eigenvalue weighted by molar-refractivity contribution is -0.138. The molecule has 0 saturated carbocycles. The molecule has 4 nitrogen and oxygen atoms in total. The second-order valence-corrected chi connectivity index (χ2v) is 5.34. The quantitative estimate of drug-likeness (QED) is 0.927. The van der Waals surface area contributed by atoms with Gasteiger partial charge in [0.1, 0.15) is 0 Å². The van der Waals surface area contributed by atoms with E-state index in [0.717, 1.165) is 6.07 Å². The third kappa shape index (κ3) is 3.37. The van der Waals surface area contributed by atoms with E-state index in [-0.39, 0.29) is 12.0 Å². The van der Waals surface area contributed by atoms with Gasteiger partial charge in [-0.25, -0.2) is 0 Å². The Balaban J connectivity index is 2.32. The van der Waals surface area contributed by atoms with Crippen molar-refractivity contribution in [2.24, 2.45) is 12.8 Å². The Morgan fingerprint density at radius 2 is 2.10 bits per heavy atom. The monoisotopic (exact) mass is 348 g/mol. The van der Waals surface area contributed by atoms with Crippen LogP contribution in [-0.2, 0) is 19.6 Å². The molecule has 0 aliphatic carbocycles. The molecule has 0 aliphatic heterocycles. The minimum Gasteiger partial charge on any atom is -0.324 e. The molecule has 1 aromatic heterocycles. The molecule has 1 aromatic carbocycles. The minimum atomic E-state index is -4.45. The molecular weight excluding hydrogens is 337 g/mol. The van der Waals surface area contributed by atoms with Crippen LogP contribution in [0.2, 0.25) is 0 Å². The Kier molecular flexibility index (Phi) is 4.14. The van der Waals surface area contributed by atoms with Crippen molar-refractivity contribution in [1.82, 2.24) is 15.0 Å². The highest BCUT2D eigenvalue weighted by atomic mass is 79.9. The van der Waals surface area contributed by atoms with Crippen LogP contribution in [0.25, 0.3) is 0 Å². The second kappa shape index (κ2) is 5.53. The van der Waals surface area contributed by atoms with Gasteiger partial charge in [0.2, 0.25) is 0 Å². The molecule has 0 amide bonds. The minimum absolute atomic E-state index is 0.0475.